The van der Waals surface area contributed by atoms with Gasteiger partial charge < -0.3 is 5.32 Å². The molecule has 100 valence electrons. The van der Waals surface area contributed by atoms with Crippen LogP contribution in [0.2, 0.25) is 0 Å². The lowest BCUT2D eigenvalue weighted by Gasteiger charge is -2.18. The van der Waals surface area contributed by atoms with E-state index >= 15 is 0 Å². The number of rotatable bonds is 3. The van der Waals surface area contributed by atoms with Gasteiger partial charge in [-0.1, -0.05) is 38.1 Å². The van der Waals surface area contributed by atoms with Crippen molar-refractivity contribution in [3.05, 3.63) is 47.8 Å². The van der Waals surface area contributed by atoms with Gasteiger partial charge in [-0.15, -0.1) is 0 Å². The smallest absolute Gasteiger partial charge is 0.252 e. The van der Waals surface area contributed by atoms with Gasteiger partial charge in [-0.05, 0) is 30.4 Å². The summed E-state index contributed by atoms with van der Waals surface area (Å²) in [6, 6.07) is 10.0. The molecule has 19 heavy (non-hydrogen) atoms. The van der Waals surface area contributed by atoms with Gasteiger partial charge in [-0.3, -0.25) is 4.79 Å². The van der Waals surface area contributed by atoms with Crippen molar-refractivity contribution in [3.63, 3.8) is 0 Å². The Labute approximate surface area is 112 Å². The molecule has 0 saturated heterocycles. The van der Waals surface area contributed by atoms with Crippen LogP contribution in [0.1, 0.15) is 31.1 Å². The molecule has 0 aromatic heterocycles. The van der Waals surface area contributed by atoms with Gasteiger partial charge in [0.1, 0.15) is 5.82 Å². The number of amides is 1. The first-order valence-corrected chi connectivity index (χ1v) is 6.49. The van der Waals surface area contributed by atoms with Crippen molar-refractivity contribution in [1.82, 2.24) is 5.32 Å². The predicted octanol–water partition coefficient (Wildman–Crippen LogP) is 3.75. The highest BCUT2D eigenvalue weighted by molar-refractivity contribution is 6.07. The molecule has 2 aromatic carbocycles. The zero-order valence-electron chi connectivity index (χ0n) is 11.4. The molecule has 0 aliphatic heterocycles. The van der Waals surface area contributed by atoms with Crippen LogP contribution >= 0.6 is 0 Å². The highest BCUT2D eigenvalue weighted by Gasteiger charge is 2.15. The highest BCUT2D eigenvalue weighted by Crippen LogP contribution is 2.22. The molecule has 0 bridgehead atoms. The van der Waals surface area contributed by atoms with Gasteiger partial charge in [-0.25, -0.2) is 4.39 Å². The maximum absolute atomic E-state index is 13.7. The van der Waals surface area contributed by atoms with Gasteiger partial charge >= 0.3 is 0 Å². The minimum atomic E-state index is -0.302. The molecule has 0 aliphatic rings. The van der Waals surface area contributed by atoms with E-state index in [0.29, 0.717) is 22.3 Å². The fraction of sp³-hybridized carbons (Fsp3) is 0.312. The summed E-state index contributed by atoms with van der Waals surface area (Å²) in [4.78, 5) is 12.3. The summed E-state index contributed by atoms with van der Waals surface area (Å²) in [5.74, 6) is -0.0999. The largest absolute Gasteiger partial charge is 0.349 e. The third-order valence-electron chi connectivity index (χ3n) is 3.47. The second kappa shape index (κ2) is 5.39. The van der Waals surface area contributed by atoms with Crippen LogP contribution in [0.25, 0.3) is 10.8 Å². The predicted molar refractivity (Wildman–Crippen MR) is 75.7 cm³/mol. The molecule has 0 heterocycles. The van der Waals surface area contributed by atoms with Gasteiger partial charge in [0.2, 0.25) is 0 Å². The van der Waals surface area contributed by atoms with Gasteiger partial charge in [0.15, 0.2) is 0 Å². The topological polar surface area (TPSA) is 29.1 Å². The van der Waals surface area contributed by atoms with Crippen LogP contribution in [0.4, 0.5) is 4.39 Å². The zero-order valence-corrected chi connectivity index (χ0v) is 11.4. The molecule has 0 spiro atoms. The molecule has 2 aromatic rings. The second-order valence-corrected chi connectivity index (χ2v) is 5.15. The summed E-state index contributed by atoms with van der Waals surface area (Å²) >= 11 is 0. The Balaban J connectivity index is 2.40. The summed E-state index contributed by atoms with van der Waals surface area (Å²) in [6.07, 6.45) is 0. The lowest BCUT2D eigenvalue weighted by atomic mass is 10.0. The fourth-order valence-electron chi connectivity index (χ4n) is 1.91. The first kappa shape index (κ1) is 13.5. The van der Waals surface area contributed by atoms with Crippen LogP contribution in [0.3, 0.4) is 0 Å². The number of hydrogen-bond donors (Lipinski definition) is 1. The Morgan fingerprint density at radius 1 is 1.05 bits per heavy atom. The quantitative estimate of drug-likeness (QED) is 0.893. The van der Waals surface area contributed by atoms with E-state index in [1.807, 2.05) is 26.8 Å². The van der Waals surface area contributed by atoms with Crippen LogP contribution in [0.5, 0.6) is 0 Å². The van der Waals surface area contributed by atoms with E-state index in [2.05, 4.69) is 5.32 Å². The van der Waals surface area contributed by atoms with E-state index in [0.717, 1.165) is 0 Å². The summed E-state index contributed by atoms with van der Waals surface area (Å²) in [7, 11) is 0. The minimum Gasteiger partial charge on any atom is -0.349 e. The maximum atomic E-state index is 13.7. The summed E-state index contributed by atoms with van der Waals surface area (Å²) in [5.41, 5.74) is 0.518. The number of hydrogen-bond acceptors (Lipinski definition) is 1. The fourth-order valence-corrected chi connectivity index (χ4v) is 1.91. The Morgan fingerprint density at radius 3 is 2.32 bits per heavy atom. The molecule has 0 aliphatic carbocycles. The van der Waals surface area contributed by atoms with Crippen LogP contribution in [0, 0.1) is 11.7 Å². The molecule has 1 atom stereocenters. The molecule has 2 nitrogen and oxygen atoms in total. The van der Waals surface area contributed by atoms with Crippen LogP contribution in [-0.2, 0) is 0 Å². The molecule has 1 unspecified atom stereocenters. The van der Waals surface area contributed by atoms with Crippen molar-refractivity contribution in [1.29, 1.82) is 0 Å². The van der Waals surface area contributed by atoms with Crippen LogP contribution < -0.4 is 5.32 Å². The molecular formula is C16H18FNO. The first-order chi connectivity index (χ1) is 9.00. The third-order valence-corrected chi connectivity index (χ3v) is 3.47. The van der Waals surface area contributed by atoms with E-state index in [4.69, 9.17) is 0 Å². The molecule has 1 amide bonds. The number of halogens is 1. The van der Waals surface area contributed by atoms with E-state index in [9.17, 15) is 9.18 Å². The van der Waals surface area contributed by atoms with Crippen molar-refractivity contribution in [2.75, 3.05) is 0 Å². The monoisotopic (exact) mass is 259 g/mol. The van der Waals surface area contributed by atoms with Gasteiger partial charge in [0.05, 0.1) is 0 Å². The van der Waals surface area contributed by atoms with Crippen LogP contribution in [0.15, 0.2) is 36.4 Å². The van der Waals surface area contributed by atoms with E-state index < -0.39 is 0 Å². The lowest BCUT2D eigenvalue weighted by molar-refractivity contribution is 0.0932. The van der Waals surface area contributed by atoms with Crippen molar-refractivity contribution < 1.29 is 9.18 Å². The highest BCUT2D eigenvalue weighted by atomic mass is 19.1. The van der Waals surface area contributed by atoms with Crippen molar-refractivity contribution >= 4 is 16.7 Å². The maximum Gasteiger partial charge on any atom is 0.252 e. The minimum absolute atomic E-state index is 0.0799. The van der Waals surface area contributed by atoms with Crippen molar-refractivity contribution in [2.45, 2.75) is 26.8 Å². The lowest BCUT2D eigenvalue weighted by Crippen LogP contribution is -2.36. The average molecular weight is 259 g/mol. The third kappa shape index (κ3) is 2.75. The molecule has 0 radical (unpaired) electrons. The second-order valence-electron chi connectivity index (χ2n) is 5.15. The standard InChI is InChI=1S/C16H18FNO/c1-10(2)11(3)18-16(19)14-8-9-15(17)13-7-5-4-6-12(13)14/h4-11H,1-3H3,(H,18,19). The zero-order chi connectivity index (χ0) is 14.0. The Kier molecular flexibility index (Phi) is 3.84. The number of carbonyl (C=O) groups excluding carboxylic acids is 1. The van der Waals surface area contributed by atoms with E-state index in [1.165, 1.54) is 6.07 Å². The Hall–Kier alpha value is -1.90. The number of fused-ring (bicyclic) bond motifs is 1. The van der Waals surface area contributed by atoms with E-state index in [-0.39, 0.29) is 17.8 Å². The van der Waals surface area contributed by atoms with E-state index in [1.54, 1.807) is 24.3 Å². The van der Waals surface area contributed by atoms with Crippen LogP contribution in [-0.4, -0.2) is 11.9 Å². The summed E-state index contributed by atoms with van der Waals surface area (Å²) < 4.78 is 13.7. The molecule has 0 saturated carbocycles. The average Bonchev–Trinajstić information content (AvgIpc) is 2.39. The number of benzene rings is 2. The normalized spacial score (nSPS) is 12.7. The van der Waals surface area contributed by atoms with Crippen molar-refractivity contribution in [3.8, 4) is 0 Å². The number of carbonyl (C=O) groups is 1. The van der Waals surface area contributed by atoms with Gasteiger partial charge in [-0.2, -0.15) is 0 Å². The molecule has 0 fully saturated rings. The molecule has 3 heteroatoms. The number of nitrogens with one attached hydrogen (secondary N) is 1. The summed E-state index contributed by atoms with van der Waals surface area (Å²) in [5, 5.41) is 4.07. The van der Waals surface area contributed by atoms with Gasteiger partial charge in [0, 0.05) is 17.0 Å². The molecule has 1 N–H and O–H groups in total. The SMILES string of the molecule is CC(C)C(C)NC(=O)c1ccc(F)c2ccccc12. The molecule has 2 rings (SSSR count). The summed E-state index contributed by atoms with van der Waals surface area (Å²) in [6.45, 7) is 6.07. The van der Waals surface area contributed by atoms with Crippen molar-refractivity contribution in [2.24, 2.45) is 5.92 Å². The Bertz CT molecular complexity index is 607. The Morgan fingerprint density at radius 2 is 1.68 bits per heavy atom. The first-order valence-electron chi connectivity index (χ1n) is 6.49. The molecular weight excluding hydrogens is 241 g/mol. The van der Waals surface area contributed by atoms with Gasteiger partial charge in [0.25, 0.3) is 5.91 Å².